The molecular weight excluding hydrogens is 424 g/mol. The summed E-state index contributed by atoms with van der Waals surface area (Å²) < 4.78 is 6.58. The third-order valence-electron chi connectivity index (χ3n) is 4.66. The van der Waals surface area contributed by atoms with Crippen LogP contribution >= 0.6 is 15.9 Å². The third-order valence-corrected chi connectivity index (χ3v) is 5.16. The molecule has 0 aliphatic carbocycles. The van der Waals surface area contributed by atoms with Crippen molar-refractivity contribution in [1.82, 2.24) is 10.7 Å². The summed E-state index contributed by atoms with van der Waals surface area (Å²) in [5, 5.41) is 4.35. The van der Waals surface area contributed by atoms with Crippen LogP contribution in [0.5, 0.6) is 5.75 Å². The van der Waals surface area contributed by atoms with Crippen LogP contribution in [0.3, 0.4) is 0 Å². The molecule has 2 aliphatic heterocycles. The van der Waals surface area contributed by atoms with Crippen LogP contribution in [0.25, 0.3) is 0 Å². The molecule has 0 fully saturated rings. The van der Waals surface area contributed by atoms with E-state index in [1.807, 2.05) is 49.4 Å². The SMILES string of the molecule is Cc1ccc(N2NC(C(=O)NC3CCOc4ccc(Br)cc43)=NCC2=O)cc1. The van der Waals surface area contributed by atoms with Gasteiger partial charge in [0, 0.05) is 16.5 Å². The van der Waals surface area contributed by atoms with Crippen LogP contribution in [-0.2, 0) is 9.59 Å². The smallest absolute Gasteiger partial charge is 0.288 e. The van der Waals surface area contributed by atoms with E-state index in [0.717, 1.165) is 21.3 Å². The van der Waals surface area contributed by atoms with Crippen molar-refractivity contribution in [2.75, 3.05) is 18.2 Å². The lowest BCUT2D eigenvalue weighted by Gasteiger charge is -2.30. The van der Waals surface area contributed by atoms with Crippen LogP contribution in [0.4, 0.5) is 5.69 Å². The van der Waals surface area contributed by atoms with Crippen LogP contribution < -0.4 is 20.5 Å². The number of amidine groups is 1. The van der Waals surface area contributed by atoms with Crippen molar-refractivity contribution in [1.29, 1.82) is 0 Å². The fraction of sp³-hybridized carbons (Fsp3) is 0.250. The van der Waals surface area contributed by atoms with Crippen molar-refractivity contribution >= 4 is 39.3 Å². The zero-order chi connectivity index (χ0) is 19.7. The van der Waals surface area contributed by atoms with E-state index >= 15 is 0 Å². The monoisotopic (exact) mass is 442 g/mol. The molecule has 8 heteroatoms. The number of carbonyl (C=O) groups excluding carboxylic acids is 2. The van der Waals surface area contributed by atoms with Gasteiger partial charge in [0.2, 0.25) is 5.84 Å². The van der Waals surface area contributed by atoms with E-state index in [-0.39, 0.29) is 30.2 Å². The average molecular weight is 443 g/mol. The fourth-order valence-electron chi connectivity index (χ4n) is 3.19. The number of halogens is 1. The Morgan fingerprint density at radius 2 is 2.07 bits per heavy atom. The van der Waals surface area contributed by atoms with E-state index in [1.165, 1.54) is 5.01 Å². The number of carbonyl (C=O) groups is 2. The molecule has 4 rings (SSSR count). The first kappa shape index (κ1) is 18.5. The van der Waals surface area contributed by atoms with Crippen molar-refractivity contribution in [2.45, 2.75) is 19.4 Å². The molecule has 28 heavy (non-hydrogen) atoms. The molecule has 1 atom stereocenters. The Kier molecular flexibility index (Phi) is 5.04. The molecule has 0 spiro atoms. The second kappa shape index (κ2) is 7.63. The largest absolute Gasteiger partial charge is 0.493 e. The van der Waals surface area contributed by atoms with Gasteiger partial charge in [0.05, 0.1) is 18.3 Å². The second-order valence-electron chi connectivity index (χ2n) is 6.69. The van der Waals surface area contributed by atoms with Crippen molar-refractivity contribution in [3.05, 3.63) is 58.1 Å². The summed E-state index contributed by atoms with van der Waals surface area (Å²) in [6.07, 6.45) is 0.656. The van der Waals surface area contributed by atoms with Gasteiger partial charge in [0.25, 0.3) is 11.8 Å². The van der Waals surface area contributed by atoms with Crippen LogP contribution in [0, 0.1) is 6.92 Å². The maximum atomic E-state index is 12.8. The predicted molar refractivity (Wildman–Crippen MR) is 109 cm³/mol. The molecule has 2 aromatic carbocycles. The van der Waals surface area contributed by atoms with Crippen molar-refractivity contribution < 1.29 is 14.3 Å². The van der Waals surface area contributed by atoms with Gasteiger partial charge < -0.3 is 10.1 Å². The van der Waals surface area contributed by atoms with Crippen molar-refractivity contribution in [2.24, 2.45) is 4.99 Å². The standard InChI is InChI=1S/C20H19BrN4O3/c1-12-2-5-14(6-3-12)25-18(26)11-22-19(24-25)20(27)23-16-8-9-28-17-7-4-13(21)10-15(16)17/h2-7,10,16H,8-9,11H2,1H3,(H,22,24)(H,23,27). The van der Waals surface area contributed by atoms with Gasteiger partial charge in [-0.1, -0.05) is 33.6 Å². The Labute approximate surface area is 170 Å². The predicted octanol–water partition coefficient (Wildman–Crippen LogP) is 2.65. The van der Waals surface area contributed by atoms with Gasteiger partial charge in [-0.15, -0.1) is 0 Å². The van der Waals surface area contributed by atoms with Gasteiger partial charge in [-0.25, -0.2) is 5.01 Å². The first-order chi connectivity index (χ1) is 13.5. The lowest BCUT2D eigenvalue weighted by molar-refractivity contribution is -0.118. The number of fused-ring (bicyclic) bond motifs is 1. The highest BCUT2D eigenvalue weighted by Crippen LogP contribution is 2.34. The molecule has 7 nitrogen and oxygen atoms in total. The molecule has 0 saturated carbocycles. The van der Waals surface area contributed by atoms with Gasteiger partial charge in [-0.2, -0.15) is 0 Å². The first-order valence-corrected chi connectivity index (χ1v) is 9.74. The quantitative estimate of drug-likeness (QED) is 0.765. The number of hydrazine groups is 1. The van der Waals surface area contributed by atoms with E-state index in [2.05, 4.69) is 31.7 Å². The minimum atomic E-state index is -0.359. The number of rotatable bonds is 3. The number of amides is 2. The van der Waals surface area contributed by atoms with Crippen molar-refractivity contribution in [3.8, 4) is 5.75 Å². The number of ether oxygens (including phenoxy) is 1. The summed E-state index contributed by atoms with van der Waals surface area (Å²) in [5.74, 6) is 0.293. The Bertz CT molecular complexity index is 958. The Hall–Kier alpha value is -2.87. The minimum Gasteiger partial charge on any atom is -0.493 e. The number of benzene rings is 2. The molecule has 2 heterocycles. The number of hydrogen-bond donors (Lipinski definition) is 2. The first-order valence-electron chi connectivity index (χ1n) is 8.95. The number of aryl methyl sites for hydroxylation is 1. The second-order valence-corrected chi connectivity index (χ2v) is 7.60. The molecule has 0 saturated heterocycles. The van der Waals surface area contributed by atoms with Crippen molar-refractivity contribution in [3.63, 3.8) is 0 Å². The van der Waals surface area contributed by atoms with Gasteiger partial charge in [-0.05, 0) is 37.3 Å². The highest BCUT2D eigenvalue weighted by Gasteiger charge is 2.29. The summed E-state index contributed by atoms with van der Waals surface area (Å²) in [4.78, 5) is 29.2. The number of aliphatic imine (C=N–C) groups is 1. The normalized spacial score (nSPS) is 18.5. The van der Waals surface area contributed by atoms with Gasteiger partial charge in [0.1, 0.15) is 12.3 Å². The number of nitrogens with one attached hydrogen (secondary N) is 2. The van der Waals surface area contributed by atoms with Crippen LogP contribution in [0.2, 0.25) is 0 Å². The van der Waals surface area contributed by atoms with E-state index in [0.29, 0.717) is 18.7 Å². The molecule has 0 radical (unpaired) electrons. The Morgan fingerprint density at radius 3 is 2.86 bits per heavy atom. The maximum absolute atomic E-state index is 12.8. The van der Waals surface area contributed by atoms with E-state index in [4.69, 9.17) is 4.74 Å². The molecule has 2 amide bonds. The highest BCUT2D eigenvalue weighted by molar-refractivity contribution is 9.10. The molecule has 0 bridgehead atoms. The zero-order valence-corrected chi connectivity index (χ0v) is 16.8. The van der Waals surface area contributed by atoms with E-state index in [9.17, 15) is 9.59 Å². The minimum absolute atomic E-state index is 0.0838. The van der Waals surface area contributed by atoms with Gasteiger partial charge in [-0.3, -0.25) is 20.0 Å². The summed E-state index contributed by atoms with van der Waals surface area (Å²) in [5.41, 5.74) is 5.51. The zero-order valence-electron chi connectivity index (χ0n) is 15.2. The molecule has 2 aromatic rings. The van der Waals surface area contributed by atoms with Gasteiger partial charge in [0.15, 0.2) is 0 Å². The molecule has 1 unspecified atom stereocenters. The molecular formula is C20H19BrN4O3. The molecule has 144 valence electrons. The summed E-state index contributed by atoms with van der Waals surface area (Å²) >= 11 is 3.46. The molecule has 2 aliphatic rings. The summed E-state index contributed by atoms with van der Waals surface area (Å²) in [6.45, 7) is 2.41. The number of anilines is 1. The highest BCUT2D eigenvalue weighted by atomic mass is 79.9. The molecule has 2 N–H and O–H groups in total. The summed E-state index contributed by atoms with van der Waals surface area (Å²) in [7, 11) is 0. The lowest BCUT2D eigenvalue weighted by atomic mass is 10.0. The number of hydrogen-bond acceptors (Lipinski definition) is 5. The maximum Gasteiger partial charge on any atom is 0.288 e. The van der Waals surface area contributed by atoms with Gasteiger partial charge >= 0.3 is 0 Å². The molecule has 0 aromatic heterocycles. The van der Waals surface area contributed by atoms with E-state index in [1.54, 1.807) is 0 Å². The van der Waals surface area contributed by atoms with Crippen LogP contribution in [0.15, 0.2) is 51.9 Å². The Balaban J connectivity index is 1.51. The summed E-state index contributed by atoms with van der Waals surface area (Å²) in [6, 6.07) is 13.0. The van der Waals surface area contributed by atoms with Crippen LogP contribution in [-0.4, -0.2) is 30.8 Å². The average Bonchev–Trinajstić information content (AvgIpc) is 2.69. The number of nitrogens with zero attached hydrogens (tertiary/aromatic N) is 2. The fourth-order valence-corrected chi connectivity index (χ4v) is 3.57. The Morgan fingerprint density at radius 1 is 1.29 bits per heavy atom. The van der Waals surface area contributed by atoms with E-state index < -0.39 is 0 Å². The lowest BCUT2D eigenvalue weighted by Crippen LogP contribution is -2.56. The van der Waals surface area contributed by atoms with Crippen LogP contribution in [0.1, 0.15) is 23.6 Å². The third kappa shape index (κ3) is 3.73. The topological polar surface area (TPSA) is 83.0 Å².